The van der Waals surface area contributed by atoms with E-state index in [0.29, 0.717) is 18.7 Å². The summed E-state index contributed by atoms with van der Waals surface area (Å²) in [5.41, 5.74) is 3.77. The summed E-state index contributed by atoms with van der Waals surface area (Å²) in [4.78, 5) is 0. The molecule has 0 heterocycles. The summed E-state index contributed by atoms with van der Waals surface area (Å²) in [6, 6.07) is 13.2. The molecule has 2 aromatic carbocycles. The minimum atomic E-state index is -0.182. The van der Waals surface area contributed by atoms with Crippen molar-refractivity contribution in [2.24, 2.45) is 0 Å². The number of anilines is 1. The smallest absolute Gasteiger partial charge is 0.128 e. The molecule has 0 bridgehead atoms. The fourth-order valence-corrected chi connectivity index (χ4v) is 1.99. The Hall–Kier alpha value is -1.87. The minimum absolute atomic E-state index is 0.182. The van der Waals surface area contributed by atoms with Gasteiger partial charge in [-0.05, 0) is 30.2 Å². The molecule has 0 unspecified atom stereocenters. The second kappa shape index (κ2) is 6.34. The van der Waals surface area contributed by atoms with Gasteiger partial charge < -0.3 is 10.1 Å². The van der Waals surface area contributed by atoms with Gasteiger partial charge in [-0.25, -0.2) is 4.39 Å². The topological polar surface area (TPSA) is 21.3 Å². The highest BCUT2D eigenvalue weighted by atomic mass is 19.1. The van der Waals surface area contributed by atoms with Crippen LogP contribution in [0, 0.1) is 12.7 Å². The van der Waals surface area contributed by atoms with Crippen molar-refractivity contribution in [3.05, 3.63) is 65.0 Å². The highest BCUT2D eigenvalue weighted by Crippen LogP contribution is 2.18. The fraction of sp³-hybridized carbons (Fsp3) is 0.250. The van der Waals surface area contributed by atoms with Crippen molar-refractivity contribution in [1.82, 2.24) is 0 Å². The second-order valence-corrected chi connectivity index (χ2v) is 4.52. The van der Waals surface area contributed by atoms with Crippen molar-refractivity contribution in [3.63, 3.8) is 0 Å². The largest absolute Gasteiger partial charge is 0.381 e. The zero-order valence-corrected chi connectivity index (χ0v) is 11.2. The number of hydrogen-bond donors (Lipinski definition) is 1. The van der Waals surface area contributed by atoms with Crippen LogP contribution in [0.3, 0.4) is 0 Å². The quantitative estimate of drug-likeness (QED) is 0.879. The summed E-state index contributed by atoms with van der Waals surface area (Å²) in [5, 5.41) is 3.26. The van der Waals surface area contributed by atoms with Crippen molar-refractivity contribution in [3.8, 4) is 0 Å². The van der Waals surface area contributed by atoms with Gasteiger partial charge in [-0.2, -0.15) is 0 Å². The van der Waals surface area contributed by atoms with Crippen molar-refractivity contribution in [1.29, 1.82) is 0 Å². The van der Waals surface area contributed by atoms with Crippen LogP contribution in [0.1, 0.15) is 16.7 Å². The maximum atomic E-state index is 13.4. The van der Waals surface area contributed by atoms with Crippen molar-refractivity contribution >= 4 is 5.69 Å². The van der Waals surface area contributed by atoms with Crippen LogP contribution in [0.5, 0.6) is 0 Å². The zero-order chi connectivity index (χ0) is 13.7. The average Bonchev–Trinajstić information content (AvgIpc) is 2.41. The molecule has 2 nitrogen and oxygen atoms in total. The molecule has 0 radical (unpaired) electrons. The van der Waals surface area contributed by atoms with Gasteiger partial charge in [0.15, 0.2) is 0 Å². The third-order valence-corrected chi connectivity index (χ3v) is 3.05. The maximum absolute atomic E-state index is 13.4. The Balaban J connectivity index is 2.06. The van der Waals surface area contributed by atoms with Gasteiger partial charge in [0.1, 0.15) is 5.82 Å². The zero-order valence-electron chi connectivity index (χ0n) is 11.2. The monoisotopic (exact) mass is 259 g/mol. The number of benzene rings is 2. The average molecular weight is 259 g/mol. The van der Waals surface area contributed by atoms with E-state index in [2.05, 4.69) is 11.4 Å². The lowest BCUT2D eigenvalue weighted by Crippen LogP contribution is -2.02. The van der Waals surface area contributed by atoms with Gasteiger partial charge in [-0.15, -0.1) is 0 Å². The highest BCUT2D eigenvalue weighted by Gasteiger charge is 2.03. The van der Waals surface area contributed by atoms with Crippen LogP contribution < -0.4 is 5.32 Å². The minimum Gasteiger partial charge on any atom is -0.381 e. The standard InChI is InChI=1S/C16H18FNO/c1-12-15(17)7-4-8-16(12)18-10-13-5-3-6-14(9-13)11-19-2/h3-9,18H,10-11H2,1-2H3. The predicted octanol–water partition coefficient (Wildman–Crippen LogP) is 3.89. The summed E-state index contributed by atoms with van der Waals surface area (Å²) >= 11 is 0. The van der Waals surface area contributed by atoms with Crippen LogP contribution in [0.15, 0.2) is 42.5 Å². The number of hydrogen-bond acceptors (Lipinski definition) is 2. The van der Waals surface area contributed by atoms with E-state index in [4.69, 9.17) is 4.74 Å². The molecule has 0 aliphatic carbocycles. The second-order valence-electron chi connectivity index (χ2n) is 4.52. The Morgan fingerprint density at radius 1 is 1.11 bits per heavy atom. The molecule has 0 fully saturated rings. The van der Waals surface area contributed by atoms with Crippen LogP contribution in [-0.2, 0) is 17.9 Å². The van der Waals surface area contributed by atoms with Gasteiger partial charge in [0.25, 0.3) is 0 Å². The van der Waals surface area contributed by atoms with Crippen LogP contribution in [0.25, 0.3) is 0 Å². The molecule has 0 aromatic heterocycles. The van der Waals surface area contributed by atoms with E-state index in [9.17, 15) is 4.39 Å². The third-order valence-electron chi connectivity index (χ3n) is 3.05. The molecule has 0 aliphatic heterocycles. The summed E-state index contributed by atoms with van der Waals surface area (Å²) in [6.45, 7) is 3.05. The van der Waals surface area contributed by atoms with Crippen molar-refractivity contribution < 1.29 is 9.13 Å². The molecule has 2 rings (SSSR count). The Kier molecular flexibility index (Phi) is 4.53. The van der Waals surface area contributed by atoms with E-state index in [-0.39, 0.29) is 5.82 Å². The first kappa shape index (κ1) is 13.6. The molecule has 19 heavy (non-hydrogen) atoms. The summed E-state index contributed by atoms with van der Waals surface area (Å²) < 4.78 is 18.5. The number of halogens is 1. The first-order valence-electron chi connectivity index (χ1n) is 6.26. The van der Waals surface area contributed by atoms with Gasteiger partial charge in [0.2, 0.25) is 0 Å². The molecule has 100 valence electrons. The number of ether oxygens (including phenoxy) is 1. The van der Waals surface area contributed by atoms with Crippen LogP contribution in [0.2, 0.25) is 0 Å². The first-order valence-corrected chi connectivity index (χ1v) is 6.26. The van der Waals surface area contributed by atoms with Gasteiger partial charge in [-0.1, -0.05) is 30.3 Å². The van der Waals surface area contributed by atoms with Crippen molar-refractivity contribution in [2.75, 3.05) is 12.4 Å². The molecular weight excluding hydrogens is 241 g/mol. The van der Waals surface area contributed by atoms with Gasteiger partial charge in [0.05, 0.1) is 6.61 Å². The van der Waals surface area contributed by atoms with E-state index in [1.165, 1.54) is 6.07 Å². The van der Waals surface area contributed by atoms with Crippen molar-refractivity contribution in [2.45, 2.75) is 20.1 Å². The first-order chi connectivity index (χ1) is 9.20. The molecular formula is C16H18FNO. The van der Waals surface area contributed by atoms with Crippen LogP contribution >= 0.6 is 0 Å². The molecule has 0 atom stereocenters. The molecule has 0 aliphatic rings. The van der Waals surface area contributed by atoms with Gasteiger partial charge in [-0.3, -0.25) is 0 Å². The number of nitrogens with one attached hydrogen (secondary N) is 1. The molecule has 0 saturated carbocycles. The lowest BCUT2D eigenvalue weighted by atomic mass is 10.1. The van der Waals surface area contributed by atoms with E-state index < -0.39 is 0 Å². The fourth-order valence-electron chi connectivity index (χ4n) is 1.99. The molecule has 0 saturated heterocycles. The molecule has 1 N–H and O–H groups in total. The Morgan fingerprint density at radius 2 is 1.84 bits per heavy atom. The third kappa shape index (κ3) is 3.55. The summed E-state index contributed by atoms with van der Waals surface area (Å²) in [7, 11) is 1.68. The van der Waals surface area contributed by atoms with Gasteiger partial charge in [0, 0.05) is 24.9 Å². The van der Waals surface area contributed by atoms with Gasteiger partial charge >= 0.3 is 0 Å². The SMILES string of the molecule is COCc1cccc(CNc2cccc(F)c2C)c1. The Bertz CT molecular complexity index is 554. The predicted molar refractivity (Wildman–Crippen MR) is 75.6 cm³/mol. The number of methoxy groups -OCH3 is 1. The lowest BCUT2D eigenvalue weighted by molar-refractivity contribution is 0.185. The summed E-state index contributed by atoms with van der Waals surface area (Å²) in [6.07, 6.45) is 0. The highest BCUT2D eigenvalue weighted by molar-refractivity contribution is 5.51. The summed E-state index contributed by atoms with van der Waals surface area (Å²) in [5.74, 6) is -0.182. The molecule has 2 aromatic rings. The Labute approximate surface area is 113 Å². The van der Waals surface area contributed by atoms with Crippen LogP contribution in [0.4, 0.5) is 10.1 Å². The van der Waals surface area contributed by atoms with E-state index in [0.717, 1.165) is 16.8 Å². The maximum Gasteiger partial charge on any atom is 0.128 e. The van der Waals surface area contributed by atoms with Crippen LogP contribution in [-0.4, -0.2) is 7.11 Å². The molecule has 0 amide bonds. The molecule has 3 heteroatoms. The van der Waals surface area contributed by atoms with E-state index in [1.807, 2.05) is 24.3 Å². The Morgan fingerprint density at radius 3 is 2.63 bits per heavy atom. The van der Waals surface area contributed by atoms with E-state index >= 15 is 0 Å². The number of rotatable bonds is 5. The normalized spacial score (nSPS) is 10.5. The lowest BCUT2D eigenvalue weighted by Gasteiger charge is -2.11. The molecule has 0 spiro atoms. The van der Waals surface area contributed by atoms with E-state index in [1.54, 1.807) is 20.1 Å².